The Labute approximate surface area is 113 Å². The number of H-pyrrole nitrogens is 1. The molecule has 0 spiro atoms. The van der Waals surface area contributed by atoms with Gasteiger partial charge in [0, 0.05) is 17.3 Å². The molecular weight excluding hydrogens is 275 g/mol. The fourth-order valence-electron chi connectivity index (χ4n) is 1.36. The van der Waals surface area contributed by atoms with Crippen molar-refractivity contribution in [2.75, 3.05) is 5.32 Å². The first-order valence-corrected chi connectivity index (χ1v) is 5.77. The van der Waals surface area contributed by atoms with Crippen molar-refractivity contribution in [2.45, 2.75) is 0 Å². The molecule has 0 bridgehead atoms. The van der Waals surface area contributed by atoms with Crippen LogP contribution in [0.25, 0.3) is 0 Å². The Morgan fingerprint density at radius 2 is 1.94 bits per heavy atom. The number of hydrogen-bond acceptors (Lipinski definition) is 2. The molecule has 0 atom stereocenters. The third-order valence-corrected chi connectivity index (χ3v) is 2.77. The Hall–Kier alpha value is -1.78. The van der Waals surface area contributed by atoms with Gasteiger partial charge in [-0.15, -0.1) is 0 Å². The second-order valence-electron chi connectivity index (χ2n) is 3.52. The number of halogens is 2. The standard InChI is InChI=1S/C12H8Cl2N2O2/c13-7-1-3-9(10(14)5-7)12(18)16-8-2-4-11(17)15-6-8/h1-6H,(H,15,17)(H,16,18). The zero-order valence-electron chi connectivity index (χ0n) is 9.04. The molecule has 0 fully saturated rings. The first-order chi connectivity index (χ1) is 8.56. The highest BCUT2D eigenvalue weighted by Gasteiger charge is 2.10. The van der Waals surface area contributed by atoms with Gasteiger partial charge in [0.05, 0.1) is 16.3 Å². The van der Waals surface area contributed by atoms with Crippen LogP contribution in [0.15, 0.2) is 41.3 Å². The van der Waals surface area contributed by atoms with Crippen molar-refractivity contribution in [1.29, 1.82) is 0 Å². The van der Waals surface area contributed by atoms with Gasteiger partial charge < -0.3 is 10.3 Å². The van der Waals surface area contributed by atoms with E-state index in [-0.39, 0.29) is 16.5 Å². The van der Waals surface area contributed by atoms with Crippen molar-refractivity contribution in [1.82, 2.24) is 4.98 Å². The number of carbonyl (C=O) groups excluding carboxylic acids is 1. The predicted octanol–water partition coefficient (Wildman–Crippen LogP) is 2.93. The van der Waals surface area contributed by atoms with Crippen molar-refractivity contribution in [3.05, 3.63) is 62.5 Å². The summed E-state index contributed by atoms with van der Waals surface area (Å²) in [7, 11) is 0. The van der Waals surface area contributed by atoms with E-state index >= 15 is 0 Å². The molecule has 0 aliphatic carbocycles. The number of carbonyl (C=O) groups is 1. The number of rotatable bonds is 2. The number of aromatic nitrogens is 1. The first kappa shape index (κ1) is 12.7. The molecule has 0 saturated heterocycles. The maximum atomic E-state index is 11.9. The minimum Gasteiger partial charge on any atom is -0.327 e. The number of aromatic amines is 1. The van der Waals surface area contributed by atoms with E-state index in [9.17, 15) is 9.59 Å². The van der Waals surface area contributed by atoms with Crippen molar-refractivity contribution < 1.29 is 4.79 Å². The lowest BCUT2D eigenvalue weighted by atomic mass is 10.2. The van der Waals surface area contributed by atoms with E-state index in [1.54, 1.807) is 6.07 Å². The minimum absolute atomic E-state index is 0.238. The summed E-state index contributed by atoms with van der Waals surface area (Å²) >= 11 is 11.7. The summed E-state index contributed by atoms with van der Waals surface area (Å²) in [4.78, 5) is 25.2. The van der Waals surface area contributed by atoms with Gasteiger partial charge in [0.25, 0.3) is 5.91 Å². The fourth-order valence-corrected chi connectivity index (χ4v) is 1.85. The molecule has 1 aromatic carbocycles. The number of benzene rings is 1. The number of amides is 1. The summed E-state index contributed by atoms with van der Waals surface area (Å²) in [6, 6.07) is 7.42. The molecule has 0 aliphatic heterocycles. The Morgan fingerprint density at radius 1 is 1.17 bits per heavy atom. The summed E-state index contributed by atoms with van der Waals surface area (Å²) in [5.74, 6) is -0.372. The Bertz CT molecular complexity index is 632. The molecule has 0 radical (unpaired) electrons. The third-order valence-electron chi connectivity index (χ3n) is 2.22. The molecule has 0 saturated carbocycles. The molecule has 1 amide bonds. The summed E-state index contributed by atoms with van der Waals surface area (Å²) in [6.07, 6.45) is 1.41. The molecule has 0 unspecified atom stereocenters. The molecule has 2 aromatic rings. The van der Waals surface area contributed by atoms with Crippen LogP contribution < -0.4 is 10.9 Å². The largest absolute Gasteiger partial charge is 0.327 e. The molecule has 92 valence electrons. The molecule has 1 aromatic heterocycles. The van der Waals surface area contributed by atoms with Crippen LogP contribution in [0.2, 0.25) is 10.0 Å². The van der Waals surface area contributed by atoms with Gasteiger partial charge in [-0.3, -0.25) is 9.59 Å². The van der Waals surface area contributed by atoms with E-state index in [0.29, 0.717) is 16.3 Å². The van der Waals surface area contributed by atoms with Crippen molar-refractivity contribution in [3.63, 3.8) is 0 Å². The van der Waals surface area contributed by atoms with Crippen LogP contribution in [0.4, 0.5) is 5.69 Å². The van der Waals surface area contributed by atoms with Gasteiger partial charge in [0.2, 0.25) is 5.56 Å². The van der Waals surface area contributed by atoms with Gasteiger partial charge >= 0.3 is 0 Å². The number of anilines is 1. The fraction of sp³-hybridized carbons (Fsp3) is 0. The average molecular weight is 283 g/mol. The van der Waals surface area contributed by atoms with E-state index in [4.69, 9.17) is 23.2 Å². The summed E-state index contributed by atoms with van der Waals surface area (Å²) in [5, 5.41) is 3.34. The van der Waals surface area contributed by atoms with E-state index in [1.165, 1.54) is 30.5 Å². The van der Waals surface area contributed by atoms with Crippen molar-refractivity contribution >= 4 is 34.8 Å². The maximum absolute atomic E-state index is 11.9. The van der Waals surface area contributed by atoms with Gasteiger partial charge in [-0.25, -0.2) is 0 Å². The smallest absolute Gasteiger partial charge is 0.257 e. The lowest BCUT2D eigenvalue weighted by Crippen LogP contribution is -2.14. The normalized spacial score (nSPS) is 10.1. The molecule has 0 aliphatic rings. The SMILES string of the molecule is O=C(Nc1ccc(=O)[nH]c1)c1ccc(Cl)cc1Cl. The monoisotopic (exact) mass is 282 g/mol. The molecule has 2 N–H and O–H groups in total. The van der Waals surface area contributed by atoms with Crippen LogP contribution in [0, 0.1) is 0 Å². The predicted molar refractivity (Wildman–Crippen MR) is 71.5 cm³/mol. The van der Waals surface area contributed by atoms with Crippen LogP contribution in [0.1, 0.15) is 10.4 Å². The Kier molecular flexibility index (Phi) is 3.69. The Balaban J connectivity index is 2.22. The van der Waals surface area contributed by atoms with Crippen LogP contribution >= 0.6 is 23.2 Å². The molecular formula is C12H8Cl2N2O2. The van der Waals surface area contributed by atoms with Gasteiger partial charge in [0.1, 0.15) is 0 Å². The Morgan fingerprint density at radius 3 is 2.56 bits per heavy atom. The minimum atomic E-state index is -0.372. The number of hydrogen-bond donors (Lipinski definition) is 2. The van der Waals surface area contributed by atoms with E-state index in [1.807, 2.05) is 0 Å². The zero-order chi connectivity index (χ0) is 13.1. The number of pyridine rings is 1. The van der Waals surface area contributed by atoms with E-state index < -0.39 is 0 Å². The van der Waals surface area contributed by atoms with Crippen molar-refractivity contribution in [3.8, 4) is 0 Å². The van der Waals surface area contributed by atoms with E-state index in [2.05, 4.69) is 10.3 Å². The van der Waals surface area contributed by atoms with Crippen LogP contribution in [0.3, 0.4) is 0 Å². The van der Waals surface area contributed by atoms with Gasteiger partial charge in [-0.2, -0.15) is 0 Å². The van der Waals surface area contributed by atoms with Gasteiger partial charge in [-0.1, -0.05) is 23.2 Å². The summed E-state index contributed by atoms with van der Waals surface area (Å²) in [5.41, 5.74) is 0.551. The van der Waals surface area contributed by atoms with Gasteiger partial charge in [0.15, 0.2) is 0 Å². The van der Waals surface area contributed by atoms with Gasteiger partial charge in [-0.05, 0) is 24.3 Å². The highest BCUT2D eigenvalue weighted by atomic mass is 35.5. The molecule has 6 heteroatoms. The first-order valence-electron chi connectivity index (χ1n) is 5.01. The quantitative estimate of drug-likeness (QED) is 0.890. The van der Waals surface area contributed by atoms with E-state index in [0.717, 1.165) is 0 Å². The lowest BCUT2D eigenvalue weighted by Gasteiger charge is -2.06. The molecule has 18 heavy (non-hydrogen) atoms. The summed E-state index contributed by atoms with van der Waals surface area (Å²) < 4.78 is 0. The highest BCUT2D eigenvalue weighted by Crippen LogP contribution is 2.21. The second kappa shape index (κ2) is 5.25. The molecule has 2 rings (SSSR count). The topological polar surface area (TPSA) is 62.0 Å². The summed E-state index contributed by atoms with van der Waals surface area (Å²) in [6.45, 7) is 0. The molecule has 4 nitrogen and oxygen atoms in total. The van der Waals surface area contributed by atoms with Crippen LogP contribution in [-0.4, -0.2) is 10.9 Å². The van der Waals surface area contributed by atoms with Crippen molar-refractivity contribution in [2.24, 2.45) is 0 Å². The zero-order valence-corrected chi connectivity index (χ0v) is 10.5. The average Bonchev–Trinajstić information content (AvgIpc) is 2.32. The second-order valence-corrected chi connectivity index (χ2v) is 4.36. The maximum Gasteiger partial charge on any atom is 0.257 e. The third kappa shape index (κ3) is 2.91. The lowest BCUT2D eigenvalue weighted by molar-refractivity contribution is 0.102. The van der Waals surface area contributed by atoms with Crippen LogP contribution in [-0.2, 0) is 0 Å². The highest BCUT2D eigenvalue weighted by molar-refractivity contribution is 6.37. The number of nitrogens with one attached hydrogen (secondary N) is 2. The molecule has 1 heterocycles. The van der Waals surface area contributed by atoms with Crippen LogP contribution in [0.5, 0.6) is 0 Å².